The summed E-state index contributed by atoms with van der Waals surface area (Å²) in [7, 11) is 0. The van der Waals surface area contributed by atoms with Crippen LogP contribution in [0.15, 0.2) is 152 Å². The van der Waals surface area contributed by atoms with E-state index >= 15 is 0 Å². The summed E-state index contributed by atoms with van der Waals surface area (Å²) in [6, 6.07) is 46.0. The average Bonchev–Trinajstić information content (AvgIpc) is 3.85. The summed E-state index contributed by atoms with van der Waals surface area (Å²) in [5.41, 5.74) is 14.4. The summed E-state index contributed by atoms with van der Waals surface area (Å²) in [6.07, 6.45) is 5.70. The second kappa shape index (κ2) is 12.3. The first-order chi connectivity index (χ1) is 27.5. The molecule has 56 heavy (non-hydrogen) atoms. The van der Waals surface area contributed by atoms with E-state index in [-0.39, 0.29) is 0 Å². The summed E-state index contributed by atoms with van der Waals surface area (Å²) in [5.74, 6) is 1.41. The van der Waals surface area contributed by atoms with Gasteiger partial charge in [-0.1, -0.05) is 78.4 Å². The van der Waals surface area contributed by atoms with Crippen LogP contribution in [0, 0.1) is 20.8 Å². The van der Waals surface area contributed by atoms with Crippen LogP contribution in [-0.2, 0) is 0 Å². The van der Waals surface area contributed by atoms with Gasteiger partial charge < -0.3 is 4.74 Å². The minimum atomic E-state index is 0.706. The Morgan fingerprint density at radius 1 is 0.500 bits per heavy atom. The second-order valence-electron chi connectivity index (χ2n) is 14.5. The number of imidazole rings is 2. The molecule has 0 atom stereocenters. The van der Waals surface area contributed by atoms with Crippen molar-refractivity contribution in [3.05, 3.63) is 169 Å². The standard InChI is InChI=1S/C49H34N6O/c1-29-24-30(2)43(31(3)25-29)42-28-52-48-40-27-35(19-21-37(40)45-41(54(42)48)17-11-22-50-45)56-34-18-20-36-38-16-10-23-51-47(38)55-46(33-14-8-5-9-15-33)44(32-12-6-4-7-13-32)53-49(55)39(36)26-34/h4-28H,1-3H3. The van der Waals surface area contributed by atoms with Gasteiger partial charge in [-0.25, -0.2) is 15.0 Å². The molecule has 0 radical (unpaired) electrons. The predicted octanol–water partition coefficient (Wildman–Crippen LogP) is 12.1. The quantitative estimate of drug-likeness (QED) is 0.165. The van der Waals surface area contributed by atoms with Gasteiger partial charge in [-0.2, -0.15) is 0 Å². The topological polar surface area (TPSA) is 69.6 Å². The smallest absolute Gasteiger partial charge is 0.147 e. The largest absolute Gasteiger partial charge is 0.457 e. The lowest BCUT2D eigenvalue weighted by molar-refractivity contribution is 0.484. The van der Waals surface area contributed by atoms with Crippen LogP contribution >= 0.6 is 0 Å². The number of hydrogen-bond donors (Lipinski definition) is 0. The van der Waals surface area contributed by atoms with Crippen LogP contribution in [0.1, 0.15) is 16.7 Å². The molecule has 11 rings (SSSR count). The zero-order chi connectivity index (χ0) is 37.5. The molecule has 0 N–H and O–H groups in total. The number of rotatable bonds is 5. The van der Waals surface area contributed by atoms with Crippen LogP contribution in [0.4, 0.5) is 0 Å². The van der Waals surface area contributed by atoms with Gasteiger partial charge in [0.1, 0.15) is 28.4 Å². The Hall–Kier alpha value is -7.38. The van der Waals surface area contributed by atoms with Crippen LogP contribution < -0.4 is 4.74 Å². The van der Waals surface area contributed by atoms with E-state index < -0.39 is 0 Å². The molecule has 5 aromatic carbocycles. The molecule has 266 valence electrons. The highest BCUT2D eigenvalue weighted by Gasteiger charge is 2.22. The van der Waals surface area contributed by atoms with Gasteiger partial charge in [0, 0.05) is 50.6 Å². The number of pyridine rings is 4. The van der Waals surface area contributed by atoms with Crippen molar-refractivity contribution in [2.24, 2.45) is 0 Å². The first-order valence-corrected chi connectivity index (χ1v) is 18.8. The van der Waals surface area contributed by atoms with Gasteiger partial charge in [-0.15, -0.1) is 0 Å². The molecule has 0 amide bonds. The first-order valence-electron chi connectivity index (χ1n) is 18.8. The van der Waals surface area contributed by atoms with Gasteiger partial charge in [-0.05, 0) is 97.9 Å². The Bertz CT molecular complexity index is 3340. The number of aromatic nitrogens is 6. The zero-order valence-electron chi connectivity index (χ0n) is 31.0. The summed E-state index contributed by atoms with van der Waals surface area (Å²) >= 11 is 0. The monoisotopic (exact) mass is 722 g/mol. The summed E-state index contributed by atoms with van der Waals surface area (Å²) in [5, 5.41) is 5.06. The van der Waals surface area contributed by atoms with Gasteiger partial charge in [0.2, 0.25) is 0 Å². The van der Waals surface area contributed by atoms with E-state index in [1.165, 1.54) is 22.3 Å². The fraction of sp³-hybridized carbons (Fsp3) is 0.0612. The average molecular weight is 723 g/mol. The zero-order valence-corrected chi connectivity index (χ0v) is 31.0. The lowest BCUT2D eigenvalue weighted by atomic mass is 9.97. The number of aryl methyl sites for hydroxylation is 3. The maximum absolute atomic E-state index is 6.76. The van der Waals surface area contributed by atoms with Crippen LogP contribution in [-0.4, -0.2) is 28.7 Å². The molecule has 0 saturated carbocycles. The van der Waals surface area contributed by atoms with Gasteiger partial charge in [0.25, 0.3) is 0 Å². The molecule has 6 aromatic heterocycles. The maximum Gasteiger partial charge on any atom is 0.147 e. The molecule has 0 aliphatic carbocycles. The van der Waals surface area contributed by atoms with E-state index in [1.807, 2.05) is 55.0 Å². The lowest BCUT2D eigenvalue weighted by Crippen LogP contribution is -1.98. The molecule has 0 saturated heterocycles. The van der Waals surface area contributed by atoms with E-state index in [9.17, 15) is 0 Å². The second-order valence-corrected chi connectivity index (χ2v) is 14.5. The van der Waals surface area contributed by atoms with E-state index in [1.54, 1.807) is 0 Å². The van der Waals surface area contributed by atoms with Crippen molar-refractivity contribution in [1.29, 1.82) is 0 Å². The van der Waals surface area contributed by atoms with Crippen molar-refractivity contribution < 1.29 is 4.74 Å². The Morgan fingerprint density at radius 3 is 1.89 bits per heavy atom. The molecular formula is C49H34N6O. The predicted molar refractivity (Wildman–Crippen MR) is 227 cm³/mol. The number of nitrogens with zero attached hydrogens (tertiary/aromatic N) is 6. The number of hydrogen-bond acceptors (Lipinski definition) is 5. The number of fused-ring (bicyclic) bond motifs is 12. The van der Waals surface area contributed by atoms with Gasteiger partial charge in [0.05, 0.1) is 34.3 Å². The molecule has 7 heteroatoms. The first kappa shape index (κ1) is 32.1. The highest BCUT2D eigenvalue weighted by Crippen LogP contribution is 2.41. The summed E-state index contributed by atoms with van der Waals surface area (Å²) in [4.78, 5) is 20.3. The molecule has 0 aliphatic heterocycles. The molecule has 0 bridgehead atoms. The Balaban J connectivity index is 1.11. The van der Waals surface area contributed by atoms with E-state index in [4.69, 9.17) is 24.7 Å². The van der Waals surface area contributed by atoms with Gasteiger partial charge in [0.15, 0.2) is 0 Å². The van der Waals surface area contributed by atoms with Gasteiger partial charge >= 0.3 is 0 Å². The van der Waals surface area contributed by atoms with Crippen LogP contribution in [0.5, 0.6) is 11.5 Å². The molecule has 6 heterocycles. The van der Waals surface area contributed by atoms with Crippen molar-refractivity contribution in [2.75, 3.05) is 0 Å². The molecule has 0 unspecified atom stereocenters. The fourth-order valence-electron chi connectivity index (χ4n) is 8.70. The minimum absolute atomic E-state index is 0.706. The molecule has 0 spiro atoms. The molecule has 7 nitrogen and oxygen atoms in total. The Labute approximate surface area is 322 Å². The van der Waals surface area contributed by atoms with Gasteiger partial charge in [-0.3, -0.25) is 13.8 Å². The highest BCUT2D eigenvalue weighted by atomic mass is 16.5. The third-order valence-corrected chi connectivity index (χ3v) is 10.9. The van der Waals surface area contributed by atoms with Crippen LogP contribution in [0.2, 0.25) is 0 Å². The third kappa shape index (κ3) is 4.84. The van der Waals surface area contributed by atoms with Crippen molar-refractivity contribution in [3.8, 4) is 45.3 Å². The highest BCUT2D eigenvalue weighted by molar-refractivity contribution is 6.13. The summed E-state index contributed by atoms with van der Waals surface area (Å²) in [6.45, 7) is 6.49. The minimum Gasteiger partial charge on any atom is -0.457 e. The third-order valence-electron chi connectivity index (χ3n) is 10.9. The molecular weight excluding hydrogens is 689 g/mol. The Kier molecular flexibility index (Phi) is 7.06. The fourth-order valence-corrected chi connectivity index (χ4v) is 8.70. The molecule has 0 fully saturated rings. The normalized spacial score (nSPS) is 11.8. The molecule has 0 aliphatic rings. The number of ether oxygens (including phenoxy) is 1. The van der Waals surface area contributed by atoms with Crippen LogP contribution in [0.3, 0.4) is 0 Å². The van der Waals surface area contributed by atoms with Crippen molar-refractivity contribution in [3.63, 3.8) is 0 Å². The SMILES string of the molecule is Cc1cc(C)c(-c2cnc3c4cc(Oc5ccc6c7cccnc7n7c(-c8ccccc8)c(-c8ccccc8)nc7c6c5)ccc4c4ncccc4n23)c(C)c1. The van der Waals surface area contributed by atoms with E-state index in [2.05, 4.69) is 127 Å². The van der Waals surface area contributed by atoms with E-state index in [0.717, 1.165) is 83.1 Å². The lowest BCUT2D eigenvalue weighted by Gasteiger charge is -2.15. The van der Waals surface area contributed by atoms with Crippen molar-refractivity contribution >= 4 is 54.9 Å². The summed E-state index contributed by atoms with van der Waals surface area (Å²) < 4.78 is 11.2. The van der Waals surface area contributed by atoms with Crippen molar-refractivity contribution in [1.82, 2.24) is 28.7 Å². The maximum atomic E-state index is 6.76. The number of benzene rings is 5. The van der Waals surface area contributed by atoms with Crippen LogP contribution in [0.25, 0.3) is 88.7 Å². The van der Waals surface area contributed by atoms with Crippen molar-refractivity contribution in [2.45, 2.75) is 20.8 Å². The Morgan fingerprint density at radius 2 is 1.14 bits per heavy atom. The van der Waals surface area contributed by atoms with E-state index in [0.29, 0.717) is 11.5 Å². The molecule has 11 aromatic rings.